The van der Waals surface area contributed by atoms with Gasteiger partial charge in [0, 0.05) is 6.42 Å². The van der Waals surface area contributed by atoms with Gasteiger partial charge in [0.05, 0.1) is 25.4 Å². The highest BCUT2D eigenvalue weighted by Gasteiger charge is 2.47. The molecule has 0 spiro atoms. The number of nitrogens with one attached hydrogen (secondary N) is 1. The van der Waals surface area contributed by atoms with Gasteiger partial charge in [-0.05, 0) is 103 Å². The summed E-state index contributed by atoms with van der Waals surface area (Å²) in [6, 6.07) is -1.03. The summed E-state index contributed by atoms with van der Waals surface area (Å²) in [4.78, 5) is 26.7. The summed E-state index contributed by atoms with van der Waals surface area (Å²) in [7, 11) is 0. The minimum atomic E-state index is -1.63. The monoisotopic (exact) mass is 1210 g/mol. The first-order valence-electron chi connectivity index (χ1n) is 35.9. The lowest BCUT2D eigenvalue weighted by Crippen LogP contribution is -2.61. The lowest BCUT2D eigenvalue weighted by Gasteiger charge is -2.41. The number of unbranched alkanes of at least 4 members (excludes halogenated alkanes) is 35. The van der Waals surface area contributed by atoms with Crippen LogP contribution in [0.25, 0.3) is 0 Å². The van der Waals surface area contributed by atoms with E-state index in [9.17, 15) is 35.1 Å². The maximum absolute atomic E-state index is 13.5. The molecule has 86 heavy (non-hydrogen) atoms. The largest absolute Gasteiger partial charge is 0.454 e. The van der Waals surface area contributed by atoms with Crippen LogP contribution in [0.1, 0.15) is 316 Å². The van der Waals surface area contributed by atoms with E-state index in [1.807, 2.05) is 6.08 Å². The minimum absolute atomic E-state index is 0.0842. The number of hydrogen-bond donors (Lipinski definition) is 6. The van der Waals surface area contributed by atoms with Crippen LogP contribution in [0.2, 0.25) is 0 Å². The molecule has 0 saturated carbocycles. The van der Waals surface area contributed by atoms with Crippen LogP contribution in [0.5, 0.6) is 0 Å². The predicted molar refractivity (Wildman–Crippen MR) is 361 cm³/mol. The molecule has 1 aliphatic rings. The van der Waals surface area contributed by atoms with Crippen molar-refractivity contribution < 1.29 is 49.3 Å². The highest BCUT2D eigenvalue weighted by molar-refractivity contribution is 5.80. The van der Waals surface area contributed by atoms with Gasteiger partial charge in [-0.1, -0.05) is 292 Å². The molecule has 6 N–H and O–H groups in total. The molecule has 0 radical (unpaired) electrons. The maximum Gasteiger partial charge on any atom is 0.306 e. The van der Waals surface area contributed by atoms with Crippen LogP contribution >= 0.6 is 0 Å². The molecule has 1 aliphatic heterocycles. The van der Waals surface area contributed by atoms with Crippen LogP contribution in [0.3, 0.4) is 0 Å². The lowest BCUT2D eigenvalue weighted by atomic mass is 9.99. The average Bonchev–Trinajstić information content (AvgIpc) is 3.01. The molecular formula is C75H133NO10. The zero-order valence-corrected chi connectivity index (χ0v) is 55.4. The van der Waals surface area contributed by atoms with Gasteiger partial charge in [-0.15, -0.1) is 0 Å². The third-order valence-corrected chi connectivity index (χ3v) is 16.5. The van der Waals surface area contributed by atoms with Crippen molar-refractivity contribution in [3.63, 3.8) is 0 Å². The Bertz CT molecular complexity index is 1720. The van der Waals surface area contributed by atoms with E-state index in [2.05, 4.69) is 99.0 Å². The van der Waals surface area contributed by atoms with Crippen LogP contribution in [-0.2, 0) is 23.8 Å². The van der Waals surface area contributed by atoms with Crippen LogP contribution in [0.4, 0.5) is 0 Å². The summed E-state index contributed by atoms with van der Waals surface area (Å²) in [6.07, 6.45) is 72.0. The Labute approximate surface area is 527 Å². The van der Waals surface area contributed by atoms with Gasteiger partial charge in [0.25, 0.3) is 0 Å². The van der Waals surface area contributed by atoms with Crippen molar-refractivity contribution >= 4 is 11.9 Å². The Hall–Kier alpha value is -3.16. The summed E-state index contributed by atoms with van der Waals surface area (Å²) in [6.45, 7) is 5.75. The number of hydrogen-bond acceptors (Lipinski definition) is 10. The van der Waals surface area contributed by atoms with Crippen molar-refractivity contribution in [1.82, 2.24) is 5.32 Å². The summed E-state index contributed by atoms with van der Waals surface area (Å²) in [5.74, 6) is -1.22. The number of carbonyl (C=O) groups excluding carboxylic acids is 2. The number of allylic oxidation sites excluding steroid dienone is 13. The molecule has 0 aromatic heterocycles. The Morgan fingerprint density at radius 1 is 0.453 bits per heavy atom. The molecule has 8 unspecified atom stereocenters. The van der Waals surface area contributed by atoms with Crippen molar-refractivity contribution in [2.24, 2.45) is 0 Å². The summed E-state index contributed by atoms with van der Waals surface area (Å²) in [5, 5.41) is 57.2. The Morgan fingerprint density at radius 3 is 1.22 bits per heavy atom. The molecule has 1 rings (SSSR count). The van der Waals surface area contributed by atoms with Crippen LogP contribution in [-0.4, -0.2) is 99.6 Å². The normalized spacial score (nSPS) is 18.8. The number of aliphatic hydroxyl groups is 5. The van der Waals surface area contributed by atoms with Crippen LogP contribution in [0.15, 0.2) is 85.1 Å². The first-order chi connectivity index (χ1) is 42.2. The third kappa shape index (κ3) is 48.7. The fourth-order valence-corrected chi connectivity index (χ4v) is 10.8. The van der Waals surface area contributed by atoms with E-state index in [0.717, 1.165) is 83.5 Å². The minimum Gasteiger partial charge on any atom is -0.454 e. The lowest BCUT2D eigenvalue weighted by molar-refractivity contribution is -0.305. The van der Waals surface area contributed by atoms with Gasteiger partial charge in [-0.2, -0.15) is 0 Å². The Balaban J connectivity index is 2.58. The number of carbonyl (C=O) groups is 2. The zero-order chi connectivity index (χ0) is 62.4. The van der Waals surface area contributed by atoms with Crippen LogP contribution < -0.4 is 5.32 Å². The molecule has 1 heterocycles. The zero-order valence-electron chi connectivity index (χ0n) is 55.4. The number of ether oxygens (including phenoxy) is 3. The quantitative estimate of drug-likeness (QED) is 0.0195. The van der Waals surface area contributed by atoms with Gasteiger partial charge in [0.2, 0.25) is 5.91 Å². The average molecular weight is 1210 g/mol. The van der Waals surface area contributed by atoms with Gasteiger partial charge in [0.1, 0.15) is 24.4 Å². The Morgan fingerprint density at radius 2 is 0.802 bits per heavy atom. The summed E-state index contributed by atoms with van der Waals surface area (Å²) >= 11 is 0. The van der Waals surface area contributed by atoms with Gasteiger partial charge in [-0.25, -0.2) is 0 Å². The van der Waals surface area contributed by atoms with E-state index < -0.39 is 67.4 Å². The second-order valence-electron chi connectivity index (χ2n) is 24.6. The fourth-order valence-electron chi connectivity index (χ4n) is 10.8. The first-order valence-corrected chi connectivity index (χ1v) is 35.9. The molecule has 0 aromatic rings. The molecule has 1 saturated heterocycles. The molecule has 1 fully saturated rings. The van der Waals surface area contributed by atoms with Crippen LogP contribution in [0, 0.1) is 0 Å². The van der Waals surface area contributed by atoms with E-state index >= 15 is 0 Å². The van der Waals surface area contributed by atoms with Gasteiger partial charge >= 0.3 is 5.97 Å². The molecule has 1 amide bonds. The summed E-state index contributed by atoms with van der Waals surface area (Å²) in [5.41, 5.74) is 0. The maximum atomic E-state index is 13.5. The van der Waals surface area contributed by atoms with E-state index in [4.69, 9.17) is 14.2 Å². The van der Waals surface area contributed by atoms with Gasteiger partial charge in [0.15, 0.2) is 12.4 Å². The fraction of sp³-hybridized carbons (Fsp3) is 0.787. The second kappa shape index (κ2) is 62.1. The Kier molecular flexibility index (Phi) is 58.3. The van der Waals surface area contributed by atoms with E-state index in [-0.39, 0.29) is 19.4 Å². The number of rotatable bonds is 61. The molecule has 11 heteroatoms. The van der Waals surface area contributed by atoms with E-state index in [1.165, 1.54) is 186 Å². The SMILES string of the molecule is CCCCC/C=C\C/C=C\C/C=C\C/C=C\CCCCCC(=O)OC1C(OCC(NC(=O)C(O)CCCCCCCCCCCCCCCCCC/C=C\C/C=C\CCCCC)C(O)/C=C/CCCCCCCCCCCC)OC(CO)C(O)C1O. The first kappa shape index (κ1) is 80.9. The number of aliphatic hydroxyl groups excluding tert-OH is 5. The number of amides is 1. The van der Waals surface area contributed by atoms with E-state index in [0.29, 0.717) is 12.8 Å². The predicted octanol–water partition coefficient (Wildman–Crippen LogP) is 18.5. The molecule has 0 aromatic carbocycles. The van der Waals surface area contributed by atoms with Gasteiger partial charge in [-0.3, -0.25) is 9.59 Å². The molecule has 0 aliphatic carbocycles. The van der Waals surface area contributed by atoms with Crippen molar-refractivity contribution in [3.05, 3.63) is 85.1 Å². The summed E-state index contributed by atoms with van der Waals surface area (Å²) < 4.78 is 17.7. The highest BCUT2D eigenvalue weighted by atomic mass is 16.7. The third-order valence-electron chi connectivity index (χ3n) is 16.5. The topological polar surface area (TPSA) is 175 Å². The smallest absolute Gasteiger partial charge is 0.306 e. The van der Waals surface area contributed by atoms with Crippen molar-refractivity contribution in [1.29, 1.82) is 0 Å². The van der Waals surface area contributed by atoms with Crippen molar-refractivity contribution in [2.45, 2.75) is 365 Å². The van der Waals surface area contributed by atoms with E-state index in [1.54, 1.807) is 6.08 Å². The van der Waals surface area contributed by atoms with Crippen molar-refractivity contribution in [2.75, 3.05) is 13.2 Å². The highest BCUT2D eigenvalue weighted by Crippen LogP contribution is 2.26. The molecule has 8 atom stereocenters. The number of esters is 1. The molecule has 11 nitrogen and oxygen atoms in total. The standard InChI is InChI=1S/C75H133NO10/c1-4-7-10-13-16-19-22-25-27-29-31-32-33-34-35-36-37-39-40-42-44-47-50-53-56-59-62-68(79)74(83)76-66(67(78)61-58-55-52-49-46-24-21-18-15-12-9-6-3)65-84-75-73(72(82)71(81)69(64-77)85-75)86-70(80)63-60-57-54-51-48-45-43-41-38-30-28-26-23-20-17-14-11-8-5-2/h16-17,19-20,25-28,38,41,45,48,58,61,66-69,71-73,75,77-79,81-82H,4-15,18,21-24,29-37,39-40,42-44,46-47,49-57,59-60,62-65H2,1-3H3,(H,76,83)/b19-16-,20-17-,27-25-,28-26-,41-38-,48-45-,61-58+. The molecule has 0 bridgehead atoms. The van der Waals surface area contributed by atoms with Crippen molar-refractivity contribution in [3.8, 4) is 0 Å². The second-order valence-corrected chi connectivity index (χ2v) is 24.6. The molecular weight excluding hydrogens is 1070 g/mol. The van der Waals surface area contributed by atoms with Gasteiger partial charge < -0.3 is 45.1 Å². The molecule has 498 valence electrons.